The largest absolute Gasteiger partial charge is 0.468 e. The number of nitrogens with one attached hydrogen (secondary N) is 1. The number of furan rings is 1. The predicted octanol–water partition coefficient (Wildman–Crippen LogP) is 1.91. The Labute approximate surface area is 118 Å². The van der Waals surface area contributed by atoms with Gasteiger partial charge in [-0.25, -0.2) is 5.84 Å². The van der Waals surface area contributed by atoms with Crippen molar-refractivity contribution in [3.05, 3.63) is 59.5 Å². The number of amides is 1. The van der Waals surface area contributed by atoms with Crippen LogP contribution in [-0.2, 0) is 13.1 Å². The molecule has 0 saturated carbocycles. The highest BCUT2D eigenvalue weighted by molar-refractivity contribution is 5.93. The Kier molecular flexibility index (Phi) is 4.92. The van der Waals surface area contributed by atoms with Crippen LogP contribution in [0.15, 0.2) is 47.1 Å². The van der Waals surface area contributed by atoms with Gasteiger partial charge in [-0.1, -0.05) is 19.1 Å². The van der Waals surface area contributed by atoms with E-state index in [1.54, 1.807) is 18.4 Å². The summed E-state index contributed by atoms with van der Waals surface area (Å²) in [4.78, 5) is 13.6. The van der Waals surface area contributed by atoms with Gasteiger partial charge in [-0.2, -0.15) is 0 Å². The van der Waals surface area contributed by atoms with E-state index in [0.717, 1.165) is 31.0 Å². The molecule has 0 saturated heterocycles. The molecule has 20 heavy (non-hydrogen) atoms. The van der Waals surface area contributed by atoms with Gasteiger partial charge in [-0.05, 0) is 36.4 Å². The maximum Gasteiger partial charge on any atom is 0.265 e. The molecule has 0 atom stereocenters. The van der Waals surface area contributed by atoms with Crippen molar-refractivity contribution in [2.24, 2.45) is 5.84 Å². The molecule has 2 aromatic rings. The molecule has 0 aliphatic heterocycles. The normalized spacial score (nSPS) is 10.8. The molecule has 1 aromatic heterocycles. The lowest BCUT2D eigenvalue weighted by molar-refractivity contribution is 0.0953. The smallest absolute Gasteiger partial charge is 0.265 e. The van der Waals surface area contributed by atoms with Gasteiger partial charge in [0.25, 0.3) is 5.91 Å². The zero-order valence-corrected chi connectivity index (χ0v) is 11.5. The summed E-state index contributed by atoms with van der Waals surface area (Å²) < 4.78 is 5.36. The lowest BCUT2D eigenvalue weighted by atomic mass is 10.1. The number of nitrogens with zero attached hydrogens (tertiary/aromatic N) is 1. The zero-order valence-electron chi connectivity index (χ0n) is 11.5. The van der Waals surface area contributed by atoms with Crippen LogP contribution >= 0.6 is 0 Å². The lowest BCUT2D eigenvalue weighted by Crippen LogP contribution is -2.30. The van der Waals surface area contributed by atoms with Crippen LogP contribution in [0.2, 0.25) is 0 Å². The quantitative estimate of drug-likeness (QED) is 0.479. The van der Waals surface area contributed by atoms with E-state index < -0.39 is 0 Å². The molecule has 1 amide bonds. The highest BCUT2D eigenvalue weighted by atomic mass is 16.3. The molecule has 5 heteroatoms. The van der Waals surface area contributed by atoms with E-state index in [1.807, 2.05) is 24.3 Å². The van der Waals surface area contributed by atoms with Crippen molar-refractivity contribution in [2.75, 3.05) is 6.54 Å². The van der Waals surface area contributed by atoms with Gasteiger partial charge in [0.15, 0.2) is 0 Å². The summed E-state index contributed by atoms with van der Waals surface area (Å²) in [6, 6.07) is 11.3. The van der Waals surface area contributed by atoms with Gasteiger partial charge in [0.2, 0.25) is 0 Å². The third kappa shape index (κ3) is 3.69. The fraction of sp³-hybridized carbons (Fsp3) is 0.267. The van der Waals surface area contributed by atoms with Crippen molar-refractivity contribution in [1.29, 1.82) is 0 Å². The number of hydrazine groups is 1. The molecule has 0 aliphatic rings. The fourth-order valence-corrected chi connectivity index (χ4v) is 2.01. The number of carbonyl (C=O) groups is 1. The van der Waals surface area contributed by atoms with Gasteiger partial charge < -0.3 is 4.42 Å². The Morgan fingerprint density at radius 2 is 2.00 bits per heavy atom. The van der Waals surface area contributed by atoms with E-state index in [0.29, 0.717) is 5.56 Å². The molecule has 5 nitrogen and oxygen atoms in total. The molecule has 3 N–H and O–H groups in total. The van der Waals surface area contributed by atoms with Crippen LogP contribution in [0.25, 0.3) is 0 Å². The first kappa shape index (κ1) is 14.3. The number of rotatable bonds is 6. The van der Waals surface area contributed by atoms with Crippen molar-refractivity contribution in [1.82, 2.24) is 10.3 Å². The molecule has 1 heterocycles. The highest BCUT2D eigenvalue weighted by Crippen LogP contribution is 2.11. The van der Waals surface area contributed by atoms with Crippen molar-refractivity contribution in [3.63, 3.8) is 0 Å². The first-order chi connectivity index (χ1) is 9.72. The Morgan fingerprint density at radius 3 is 2.55 bits per heavy atom. The summed E-state index contributed by atoms with van der Waals surface area (Å²) in [5.41, 5.74) is 3.83. The highest BCUT2D eigenvalue weighted by Gasteiger charge is 2.08. The minimum atomic E-state index is -0.278. The molecule has 2 rings (SSSR count). The molecule has 0 spiro atoms. The maximum absolute atomic E-state index is 11.4. The number of carbonyl (C=O) groups excluding carboxylic acids is 1. The molecule has 0 fully saturated rings. The molecule has 0 bridgehead atoms. The summed E-state index contributed by atoms with van der Waals surface area (Å²) in [5, 5.41) is 0. The molecular weight excluding hydrogens is 254 g/mol. The lowest BCUT2D eigenvalue weighted by Gasteiger charge is -2.19. The average Bonchev–Trinajstić information content (AvgIpc) is 2.99. The minimum Gasteiger partial charge on any atom is -0.468 e. The van der Waals surface area contributed by atoms with Crippen LogP contribution in [0.3, 0.4) is 0 Å². The molecular formula is C15H19N3O2. The third-order valence-electron chi connectivity index (χ3n) is 3.16. The van der Waals surface area contributed by atoms with E-state index in [2.05, 4.69) is 17.2 Å². The molecule has 0 unspecified atom stereocenters. The van der Waals surface area contributed by atoms with Crippen molar-refractivity contribution in [3.8, 4) is 0 Å². The van der Waals surface area contributed by atoms with Crippen LogP contribution < -0.4 is 11.3 Å². The van der Waals surface area contributed by atoms with Crippen LogP contribution in [-0.4, -0.2) is 17.4 Å². The van der Waals surface area contributed by atoms with Crippen molar-refractivity contribution < 1.29 is 9.21 Å². The second-order valence-electron chi connectivity index (χ2n) is 4.55. The summed E-state index contributed by atoms with van der Waals surface area (Å²) in [6.07, 6.45) is 1.68. The van der Waals surface area contributed by atoms with Crippen molar-refractivity contribution in [2.45, 2.75) is 20.0 Å². The van der Waals surface area contributed by atoms with Crippen LogP contribution in [0.5, 0.6) is 0 Å². The van der Waals surface area contributed by atoms with E-state index in [1.165, 1.54) is 0 Å². The van der Waals surface area contributed by atoms with Crippen LogP contribution in [0.4, 0.5) is 0 Å². The van der Waals surface area contributed by atoms with E-state index in [-0.39, 0.29) is 5.91 Å². The first-order valence-corrected chi connectivity index (χ1v) is 6.57. The Balaban J connectivity index is 1.98. The van der Waals surface area contributed by atoms with E-state index in [9.17, 15) is 4.79 Å². The minimum absolute atomic E-state index is 0.278. The topological polar surface area (TPSA) is 71.5 Å². The molecule has 106 valence electrons. The molecule has 1 aromatic carbocycles. The monoisotopic (exact) mass is 273 g/mol. The first-order valence-electron chi connectivity index (χ1n) is 6.57. The maximum atomic E-state index is 11.4. The Hall–Kier alpha value is -2.11. The van der Waals surface area contributed by atoms with Gasteiger partial charge in [0.1, 0.15) is 5.76 Å². The van der Waals surface area contributed by atoms with E-state index in [4.69, 9.17) is 10.3 Å². The number of nitrogens with two attached hydrogens (primary N) is 1. The van der Waals surface area contributed by atoms with Crippen LogP contribution in [0.1, 0.15) is 28.6 Å². The van der Waals surface area contributed by atoms with Crippen LogP contribution in [0, 0.1) is 0 Å². The Morgan fingerprint density at radius 1 is 1.25 bits per heavy atom. The van der Waals surface area contributed by atoms with Crippen molar-refractivity contribution >= 4 is 5.91 Å². The standard InChI is InChI=1S/C15H19N3O2/c1-2-18(11-14-4-3-9-20-14)10-12-5-7-13(8-6-12)15(19)17-16/h3-9H,2,10-11,16H2,1H3,(H,17,19). The second kappa shape index (κ2) is 6.88. The summed E-state index contributed by atoms with van der Waals surface area (Å²) >= 11 is 0. The number of hydrogen-bond donors (Lipinski definition) is 2. The fourth-order valence-electron chi connectivity index (χ4n) is 2.01. The van der Waals surface area contributed by atoms with Gasteiger partial charge >= 0.3 is 0 Å². The van der Waals surface area contributed by atoms with Gasteiger partial charge in [-0.3, -0.25) is 15.1 Å². The zero-order chi connectivity index (χ0) is 14.4. The van der Waals surface area contributed by atoms with E-state index >= 15 is 0 Å². The molecule has 0 aliphatic carbocycles. The molecule has 0 radical (unpaired) electrons. The summed E-state index contributed by atoms with van der Waals surface area (Å²) in [5.74, 6) is 5.77. The third-order valence-corrected chi connectivity index (χ3v) is 3.16. The SMILES string of the molecule is CCN(Cc1ccc(C(=O)NN)cc1)Cc1ccco1. The Bertz CT molecular complexity index is 535. The second-order valence-corrected chi connectivity index (χ2v) is 4.55. The van der Waals surface area contributed by atoms with Gasteiger partial charge in [0, 0.05) is 12.1 Å². The van der Waals surface area contributed by atoms with Gasteiger partial charge in [0.05, 0.1) is 12.8 Å². The summed E-state index contributed by atoms with van der Waals surface area (Å²) in [7, 11) is 0. The van der Waals surface area contributed by atoms with Gasteiger partial charge in [-0.15, -0.1) is 0 Å². The number of benzene rings is 1. The average molecular weight is 273 g/mol. The number of hydrogen-bond acceptors (Lipinski definition) is 4. The number of nitrogen functional groups attached to an aromatic ring is 1. The predicted molar refractivity (Wildman–Crippen MR) is 76.6 cm³/mol. The summed E-state index contributed by atoms with van der Waals surface area (Å²) in [6.45, 7) is 4.61.